The van der Waals surface area contributed by atoms with Gasteiger partial charge in [0.05, 0.1) is 12.1 Å². The number of hydrogen-bond donors (Lipinski definition) is 2. The summed E-state index contributed by atoms with van der Waals surface area (Å²) in [5.74, 6) is -1.05. The molecule has 0 aliphatic rings. The second kappa shape index (κ2) is 7.72. The van der Waals surface area contributed by atoms with Crippen molar-refractivity contribution in [2.24, 2.45) is 0 Å². The van der Waals surface area contributed by atoms with Crippen molar-refractivity contribution in [3.05, 3.63) is 58.3 Å². The van der Waals surface area contributed by atoms with Crippen LogP contribution in [0.15, 0.2) is 52.2 Å². The Hall–Kier alpha value is -2.72. The van der Waals surface area contributed by atoms with Crippen LogP contribution in [0.1, 0.15) is 16.1 Å². The van der Waals surface area contributed by atoms with Gasteiger partial charge in [-0.25, -0.2) is 13.4 Å². The maximum atomic E-state index is 12.5. The predicted octanol–water partition coefficient (Wildman–Crippen LogP) is 2.18. The number of hydrogen-bond acceptors (Lipinski definition) is 5. The van der Waals surface area contributed by atoms with Gasteiger partial charge in [-0.2, -0.15) is 0 Å². The number of nitrogens with one attached hydrogen (secondary N) is 2. The van der Waals surface area contributed by atoms with Crippen molar-refractivity contribution in [1.29, 1.82) is 0 Å². The molecule has 146 valence electrons. The Bertz CT molecular complexity index is 1190. The lowest BCUT2D eigenvalue weighted by atomic mass is 10.2. The molecule has 1 aromatic carbocycles. The van der Waals surface area contributed by atoms with Crippen LogP contribution in [0.3, 0.4) is 0 Å². The second-order valence-electron chi connectivity index (χ2n) is 6.17. The molecule has 28 heavy (non-hydrogen) atoms. The highest BCUT2D eigenvalue weighted by Crippen LogP contribution is 2.20. The summed E-state index contributed by atoms with van der Waals surface area (Å²) in [5.41, 5.74) is 1.84. The zero-order valence-corrected chi connectivity index (χ0v) is 17.5. The molecule has 10 heteroatoms. The Morgan fingerprint density at radius 2 is 1.96 bits per heavy atom. The highest BCUT2D eigenvalue weighted by molar-refractivity contribution is 9.10. The van der Waals surface area contributed by atoms with E-state index >= 15 is 0 Å². The highest BCUT2D eigenvalue weighted by atomic mass is 79.9. The minimum Gasteiger partial charge on any atom is -0.342 e. The van der Waals surface area contributed by atoms with Gasteiger partial charge in [-0.15, -0.1) is 0 Å². The number of carbonyl (C=O) groups is 2. The number of carbonyl (C=O) groups excluding carboxylic acids is 2. The fourth-order valence-corrected chi connectivity index (χ4v) is 3.63. The van der Waals surface area contributed by atoms with E-state index in [9.17, 15) is 18.0 Å². The summed E-state index contributed by atoms with van der Waals surface area (Å²) in [7, 11) is -3.63. The number of fused-ring (bicyclic) bond motifs is 1. The third kappa shape index (κ3) is 4.23. The fourth-order valence-electron chi connectivity index (χ4n) is 2.61. The number of amides is 2. The van der Waals surface area contributed by atoms with Crippen molar-refractivity contribution in [3.8, 4) is 0 Å². The number of aryl methyl sites for hydroxylation is 1. The third-order valence-electron chi connectivity index (χ3n) is 3.91. The molecule has 0 saturated carbocycles. The van der Waals surface area contributed by atoms with Gasteiger partial charge in [0.1, 0.15) is 0 Å². The van der Waals surface area contributed by atoms with Crippen LogP contribution in [0.2, 0.25) is 0 Å². The van der Waals surface area contributed by atoms with Gasteiger partial charge in [0.2, 0.25) is 20.9 Å². The van der Waals surface area contributed by atoms with E-state index < -0.39 is 21.7 Å². The first kappa shape index (κ1) is 20.0. The maximum Gasteiger partial charge on any atom is 0.272 e. The van der Waals surface area contributed by atoms with E-state index in [0.717, 1.165) is 16.3 Å². The predicted molar refractivity (Wildman–Crippen MR) is 108 cm³/mol. The molecule has 0 unspecified atom stereocenters. The standard InChI is InChI=1S/C18H17BrN4O4S/c1-11-9-12(6-7-13(11)19)21-15(24)10-20-17(25)16-14-5-3-4-8-23(14)18(22-16)28(2,26)27/h3-9H,10H2,1-2H3,(H,20,25)(H,21,24). The van der Waals surface area contributed by atoms with Crippen LogP contribution < -0.4 is 10.6 Å². The van der Waals surface area contributed by atoms with E-state index in [1.165, 1.54) is 10.6 Å². The van der Waals surface area contributed by atoms with Crippen LogP contribution in [0.4, 0.5) is 5.69 Å². The highest BCUT2D eigenvalue weighted by Gasteiger charge is 2.22. The molecule has 0 radical (unpaired) electrons. The first-order chi connectivity index (χ1) is 13.2. The number of pyridine rings is 1. The van der Waals surface area contributed by atoms with E-state index in [2.05, 4.69) is 31.5 Å². The van der Waals surface area contributed by atoms with Crippen molar-refractivity contribution in [1.82, 2.24) is 14.7 Å². The van der Waals surface area contributed by atoms with Gasteiger partial charge in [0.25, 0.3) is 5.91 Å². The molecule has 0 saturated heterocycles. The lowest BCUT2D eigenvalue weighted by Gasteiger charge is -2.08. The quantitative estimate of drug-likeness (QED) is 0.601. The van der Waals surface area contributed by atoms with Crippen LogP contribution in [0.5, 0.6) is 0 Å². The van der Waals surface area contributed by atoms with Crippen LogP contribution in [-0.2, 0) is 14.6 Å². The third-order valence-corrected chi connectivity index (χ3v) is 5.75. The molecular weight excluding hydrogens is 448 g/mol. The summed E-state index contributed by atoms with van der Waals surface area (Å²) in [6.07, 6.45) is 2.53. The molecule has 0 fully saturated rings. The molecule has 2 amide bonds. The zero-order valence-electron chi connectivity index (χ0n) is 15.1. The molecule has 2 N–H and O–H groups in total. The van der Waals surface area contributed by atoms with Crippen molar-refractivity contribution in [2.75, 3.05) is 18.1 Å². The maximum absolute atomic E-state index is 12.5. The molecule has 0 aliphatic heterocycles. The van der Waals surface area contributed by atoms with Gasteiger partial charge in [0.15, 0.2) is 5.69 Å². The van der Waals surface area contributed by atoms with Crippen LogP contribution in [-0.4, -0.2) is 42.4 Å². The summed E-state index contributed by atoms with van der Waals surface area (Å²) in [5, 5.41) is 4.93. The van der Waals surface area contributed by atoms with Crippen LogP contribution >= 0.6 is 15.9 Å². The summed E-state index contributed by atoms with van der Waals surface area (Å²) in [6.45, 7) is 1.61. The van der Waals surface area contributed by atoms with Crippen molar-refractivity contribution < 1.29 is 18.0 Å². The van der Waals surface area contributed by atoms with Gasteiger partial charge >= 0.3 is 0 Å². The number of rotatable bonds is 5. The van der Waals surface area contributed by atoms with Gasteiger partial charge in [-0.3, -0.25) is 14.0 Å². The second-order valence-corrected chi connectivity index (χ2v) is 8.93. The molecule has 0 aliphatic carbocycles. The van der Waals surface area contributed by atoms with Gasteiger partial charge in [-0.05, 0) is 42.8 Å². The Kier molecular flexibility index (Phi) is 5.52. The minimum atomic E-state index is -3.63. The molecule has 0 spiro atoms. The van der Waals surface area contributed by atoms with Gasteiger partial charge in [0, 0.05) is 22.6 Å². The van der Waals surface area contributed by atoms with Crippen molar-refractivity contribution in [3.63, 3.8) is 0 Å². The van der Waals surface area contributed by atoms with E-state index in [-0.39, 0.29) is 17.4 Å². The zero-order chi connectivity index (χ0) is 20.5. The number of aromatic nitrogens is 2. The SMILES string of the molecule is Cc1cc(NC(=O)CNC(=O)c2nc(S(C)(=O)=O)n3ccccc23)ccc1Br. The topological polar surface area (TPSA) is 110 Å². The molecule has 8 nitrogen and oxygen atoms in total. The molecule has 0 atom stereocenters. The van der Waals surface area contributed by atoms with E-state index in [1.807, 2.05) is 13.0 Å². The van der Waals surface area contributed by atoms with E-state index in [1.54, 1.807) is 30.3 Å². The summed E-state index contributed by atoms with van der Waals surface area (Å²) in [6, 6.07) is 10.2. The lowest BCUT2D eigenvalue weighted by Crippen LogP contribution is -2.33. The Labute approximate surface area is 170 Å². The summed E-state index contributed by atoms with van der Waals surface area (Å²) in [4.78, 5) is 28.6. The number of imidazole rings is 1. The van der Waals surface area contributed by atoms with Crippen molar-refractivity contribution in [2.45, 2.75) is 12.1 Å². The summed E-state index contributed by atoms with van der Waals surface area (Å²) >= 11 is 3.39. The van der Waals surface area contributed by atoms with Gasteiger partial charge in [-0.1, -0.05) is 22.0 Å². The molecule has 0 bridgehead atoms. The van der Waals surface area contributed by atoms with Crippen LogP contribution in [0.25, 0.3) is 5.52 Å². The van der Waals surface area contributed by atoms with E-state index in [0.29, 0.717) is 11.2 Å². The normalized spacial score (nSPS) is 11.4. The molecular formula is C18H17BrN4O4S. The fraction of sp³-hybridized carbons (Fsp3) is 0.167. The van der Waals surface area contributed by atoms with Crippen LogP contribution in [0, 0.1) is 6.92 Å². The average molecular weight is 465 g/mol. The number of anilines is 1. The Balaban J connectivity index is 1.75. The largest absolute Gasteiger partial charge is 0.342 e. The summed E-state index contributed by atoms with van der Waals surface area (Å²) < 4.78 is 26.1. The van der Waals surface area contributed by atoms with Gasteiger partial charge < -0.3 is 10.6 Å². The number of halogens is 1. The minimum absolute atomic E-state index is 0.0617. The monoisotopic (exact) mass is 464 g/mol. The Morgan fingerprint density at radius 1 is 1.21 bits per heavy atom. The van der Waals surface area contributed by atoms with Crippen molar-refractivity contribution >= 4 is 48.8 Å². The van der Waals surface area contributed by atoms with E-state index in [4.69, 9.17) is 0 Å². The first-order valence-corrected chi connectivity index (χ1v) is 10.9. The lowest BCUT2D eigenvalue weighted by molar-refractivity contribution is -0.115. The number of benzene rings is 1. The smallest absolute Gasteiger partial charge is 0.272 e. The molecule has 2 aromatic heterocycles. The molecule has 3 aromatic rings. The average Bonchev–Trinajstić information content (AvgIpc) is 3.03. The first-order valence-electron chi connectivity index (χ1n) is 8.18. The number of nitrogens with zero attached hydrogens (tertiary/aromatic N) is 2. The Morgan fingerprint density at radius 3 is 2.64 bits per heavy atom. The molecule has 3 rings (SSSR count). The number of sulfone groups is 1. The molecule has 2 heterocycles.